The number of nitriles is 2. The van der Waals surface area contributed by atoms with Crippen molar-refractivity contribution in [3.05, 3.63) is 53.1 Å². The monoisotopic (exact) mass is 322 g/mol. The molecule has 2 rings (SSSR count). The Morgan fingerprint density at radius 3 is 1.92 bits per heavy atom. The van der Waals surface area contributed by atoms with E-state index in [4.69, 9.17) is 19.5 Å². The molecule has 0 amide bonds. The summed E-state index contributed by atoms with van der Waals surface area (Å²) in [6.07, 6.45) is 0.529. The summed E-state index contributed by atoms with van der Waals surface area (Å²) in [6.45, 7) is 0. The smallest absolute Gasteiger partial charge is 0.203 e. The molecule has 0 aliphatic carbocycles. The average Bonchev–Trinajstić information content (AvgIpc) is 2.65. The molecule has 0 saturated carbocycles. The highest BCUT2D eigenvalue weighted by molar-refractivity contribution is 5.55. The van der Waals surface area contributed by atoms with Crippen molar-refractivity contribution in [3.8, 4) is 29.4 Å². The third-order valence-electron chi connectivity index (χ3n) is 3.77. The molecule has 0 radical (unpaired) electrons. The maximum absolute atomic E-state index is 9.58. The van der Waals surface area contributed by atoms with Gasteiger partial charge in [-0.25, -0.2) is 0 Å². The molecule has 0 saturated heterocycles. The van der Waals surface area contributed by atoms with Gasteiger partial charge in [0.05, 0.1) is 44.9 Å². The van der Waals surface area contributed by atoms with Crippen LogP contribution < -0.4 is 14.2 Å². The van der Waals surface area contributed by atoms with E-state index < -0.39 is 0 Å². The molecule has 2 aromatic carbocycles. The molecule has 0 aliphatic rings. The first-order chi connectivity index (χ1) is 11.7. The average molecular weight is 322 g/mol. The second kappa shape index (κ2) is 7.89. The summed E-state index contributed by atoms with van der Waals surface area (Å²) in [5.41, 5.74) is 2.37. The Balaban J connectivity index is 2.36. The van der Waals surface area contributed by atoms with Gasteiger partial charge in [0.25, 0.3) is 0 Å². The molecule has 0 spiro atoms. The van der Waals surface area contributed by atoms with Gasteiger partial charge in [0.15, 0.2) is 11.5 Å². The van der Waals surface area contributed by atoms with Gasteiger partial charge < -0.3 is 14.2 Å². The molecule has 0 bridgehead atoms. The van der Waals surface area contributed by atoms with E-state index in [0.29, 0.717) is 29.2 Å². The Kier molecular flexibility index (Phi) is 5.65. The van der Waals surface area contributed by atoms with Crippen molar-refractivity contribution in [2.45, 2.75) is 12.3 Å². The lowest BCUT2D eigenvalue weighted by Gasteiger charge is -2.16. The Hall–Kier alpha value is -3.18. The number of hydrogen-bond donors (Lipinski definition) is 0. The van der Waals surface area contributed by atoms with E-state index in [0.717, 1.165) is 11.1 Å². The molecule has 1 unspecified atom stereocenters. The normalized spacial score (nSPS) is 11.0. The van der Waals surface area contributed by atoms with Crippen LogP contribution in [0.15, 0.2) is 36.4 Å². The van der Waals surface area contributed by atoms with Crippen molar-refractivity contribution in [2.24, 2.45) is 0 Å². The van der Waals surface area contributed by atoms with E-state index >= 15 is 0 Å². The lowest BCUT2D eigenvalue weighted by atomic mass is 9.92. The molecule has 24 heavy (non-hydrogen) atoms. The number of methoxy groups -OCH3 is 3. The zero-order valence-electron chi connectivity index (χ0n) is 13.9. The summed E-state index contributed by atoms with van der Waals surface area (Å²) in [6, 6.07) is 15.2. The molecular formula is C19H18N2O3. The fourth-order valence-corrected chi connectivity index (χ4v) is 2.49. The van der Waals surface area contributed by atoms with E-state index in [2.05, 4.69) is 12.1 Å². The van der Waals surface area contributed by atoms with Crippen LogP contribution in [0.3, 0.4) is 0 Å². The van der Waals surface area contributed by atoms with Crippen LogP contribution in [0.4, 0.5) is 0 Å². The van der Waals surface area contributed by atoms with E-state index in [-0.39, 0.29) is 5.92 Å². The summed E-state index contributed by atoms with van der Waals surface area (Å²) >= 11 is 0. The van der Waals surface area contributed by atoms with Crippen LogP contribution in [0.5, 0.6) is 17.2 Å². The summed E-state index contributed by atoms with van der Waals surface area (Å²) in [7, 11) is 4.63. The van der Waals surface area contributed by atoms with Crippen molar-refractivity contribution < 1.29 is 14.2 Å². The van der Waals surface area contributed by atoms with Gasteiger partial charge in [-0.3, -0.25) is 0 Å². The van der Waals surface area contributed by atoms with Crippen molar-refractivity contribution in [1.82, 2.24) is 0 Å². The predicted molar refractivity (Wildman–Crippen MR) is 89.3 cm³/mol. The summed E-state index contributed by atoms with van der Waals surface area (Å²) in [4.78, 5) is 0. The first kappa shape index (κ1) is 17.2. The lowest BCUT2D eigenvalue weighted by molar-refractivity contribution is 0.323. The summed E-state index contributed by atoms with van der Waals surface area (Å²) in [5, 5.41) is 18.4. The van der Waals surface area contributed by atoms with Crippen LogP contribution >= 0.6 is 0 Å². The molecule has 0 fully saturated rings. The highest BCUT2D eigenvalue weighted by Gasteiger charge is 2.19. The highest BCUT2D eigenvalue weighted by Crippen LogP contribution is 2.40. The van der Waals surface area contributed by atoms with Crippen LogP contribution in [-0.4, -0.2) is 21.3 Å². The molecule has 0 heterocycles. The molecule has 122 valence electrons. The van der Waals surface area contributed by atoms with E-state index in [9.17, 15) is 5.26 Å². The third-order valence-corrected chi connectivity index (χ3v) is 3.77. The van der Waals surface area contributed by atoms with Crippen LogP contribution in [-0.2, 0) is 6.42 Å². The molecule has 0 N–H and O–H groups in total. The van der Waals surface area contributed by atoms with Crippen molar-refractivity contribution in [3.63, 3.8) is 0 Å². The fraction of sp³-hybridized carbons (Fsp3) is 0.263. The zero-order chi connectivity index (χ0) is 17.5. The summed E-state index contributed by atoms with van der Waals surface area (Å²) in [5.74, 6) is 1.17. The topological polar surface area (TPSA) is 75.3 Å². The standard InChI is InChI=1S/C19H18N2O3/c1-22-17-9-15(10-18(23-2)19(17)24-3)16(12-21)8-13-4-6-14(11-20)7-5-13/h4-7,9-10,16H,8H2,1-3H3. The van der Waals surface area contributed by atoms with Gasteiger partial charge in [-0.15, -0.1) is 0 Å². The van der Waals surface area contributed by atoms with Crippen LogP contribution in [0.1, 0.15) is 22.6 Å². The lowest BCUT2D eigenvalue weighted by Crippen LogP contribution is -2.03. The molecule has 5 nitrogen and oxygen atoms in total. The molecule has 1 atom stereocenters. The van der Waals surface area contributed by atoms with Gasteiger partial charge >= 0.3 is 0 Å². The fourth-order valence-electron chi connectivity index (χ4n) is 2.49. The number of benzene rings is 2. The van der Waals surface area contributed by atoms with Gasteiger partial charge in [0, 0.05) is 0 Å². The van der Waals surface area contributed by atoms with Crippen molar-refractivity contribution in [2.75, 3.05) is 21.3 Å². The highest BCUT2D eigenvalue weighted by atomic mass is 16.5. The number of nitrogens with zero attached hydrogens (tertiary/aromatic N) is 2. The quantitative estimate of drug-likeness (QED) is 0.814. The van der Waals surface area contributed by atoms with Crippen LogP contribution in [0, 0.1) is 22.7 Å². The Morgan fingerprint density at radius 1 is 0.917 bits per heavy atom. The van der Waals surface area contributed by atoms with Crippen LogP contribution in [0.25, 0.3) is 0 Å². The molecule has 0 aliphatic heterocycles. The van der Waals surface area contributed by atoms with E-state index in [1.165, 1.54) is 0 Å². The maximum Gasteiger partial charge on any atom is 0.203 e. The number of hydrogen-bond acceptors (Lipinski definition) is 5. The number of ether oxygens (including phenoxy) is 3. The summed E-state index contributed by atoms with van der Waals surface area (Å²) < 4.78 is 16.0. The minimum absolute atomic E-state index is 0.369. The van der Waals surface area contributed by atoms with Crippen molar-refractivity contribution in [1.29, 1.82) is 10.5 Å². The van der Waals surface area contributed by atoms with Gasteiger partial charge in [-0.05, 0) is 41.8 Å². The van der Waals surface area contributed by atoms with Gasteiger partial charge in [0.1, 0.15) is 0 Å². The Labute approximate surface area is 141 Å². The molecule has 0 aromatic heterocycles. The van der Waals surface area contributed by atoms with E-state index in [1.807, 2.05) is 12.1 Å². The minimum atomic E-state index is -0.369. The molecule has 5 heteroatoms. The largest absolute Gasteiger partial charge is 0.493 e. The Bertz CT molecular complexity index is 761. The number of rotatable bonds is 6. The molecular weight excluding hydrogens is 304 g/mol. The third kappa shape index (κ3) is 3.59. The van der Waals surface area contributed by atoms with Crippen molar-refractivity contribution >= 4 is 0 Å². The van der Waals surface area contributed by atoms with E-state index in [1.54, 1.807) is 45.6 Å². The SMILES string of the molecule is COc1cc(C(C#N)Cc2ccc(C#N)cc2)cc(OC)c1OC. The first-order valence-corrected chi connectivity index (χ1v) is 7.35. The van der Waals surface area contributed by atoms with Gasteiger partial charge in [-0.2, -0.15) is 10.5 Å². The maximum atomic E-state index is 9.58. The second-order valence-corrected chi connectivity index (χ2v) is 5.15. The Morgan fingerprint density at radius 2 is 1.50 bits per heavy atom. The second-order valence-electron chi connectivity index (χ2n) is 5.15. The minimum Gasteiger partial charge on any atom is -0.493 e. The molecule has 2 aromatic rings. The zero-order valence-corrected chi connectivity index (χ0v) is 13.9. The first-order valence-electron chi connectivity index (χ1n) is 7.35. The van der Waals surface area contributed by atoms with Gasteiger partial charge in [-0.1, -0.05) is 12.1 Å². The van der Waals surface area contributed by atoms with Crippen LogP contribution in [0.2, 0.25) is 0 Å². The van der Waals surface area contributed by atoms with Gasteiger partial charge in [0.2, 0.25) is 5.75 Å². The predicted octanol–water partition coefficient (Wildman–Crippen LogP) is 3.43.